The molecular formula is C22H29F2N5O4S. The lowest BCUT2D eigenvalue weighted by Gasteiger charge is -2.32. The standard InChI is InChI=1S/C22H29F2N5O4S/c1-14-11-17(24)15(12-16(14)23)13-33-19-18(21(30)31)20(34-26-19)25-22(32)28(3)5-4-6-29-9-7-27(2)8-10-29/h11-12H,4-10,13H2,1-3H3,(H,25,32)(H,30,31). The predicted molar refractivity (Wildman–Crippen MR) is 125 cm³/mol. The number of nitrogens with one attached hydrogen (secondary N) is 1. The van der Waals surface area contributed by atoms with Gasteiger partial charge in [0.2, 0.25) is 5.88 Å². The van der Waals surface area contributed by atoms with Crippen LogP contribution in [0.1, 0.15) is 27.9 Å². The Balaban J connectivity index is 1.56. The van der Waals surface area contributed by atoms with E-state index < -0.39 is 30.2 Å². The van der Waals surface area contributed by atoms with Gasteiger partial charge in [0.05, 0.1) is 0 Å². The van der Waals surface area contributed by atoms with Crippen molar-refractivity contribution in [2.45, 2.75) is 20.0 Å². The largest absolute Gasteiger partial charge is 0.477 e. The molecule has 0 atom stereocenters. The smallest absolute Gasteiger partial charge is 0.344 e. The molecule has 1 aromatic carbocycles. The summed E-state index contributed by atoms with van der Waals surface area (Å²) in [6.45, 7) is 6.44. The molecule has 2 N–H and O–H groups in total. The number of benzene rings is 1. The van der Waals surface area contributed by atoms with Crippen molar-refractivity contribution in [3.8, 4) is 5.88 Å². The van der Waals surface area contributed by atoms with E-state index in [1.54, 1.807) is 7.05 Å². The fraction of sp³-hybridized carbons (Fsp3) is 0.500. The number of aromatic nitrogens is 1. The van der Waals surface area contributed by atoms with E-state index in [0.29, 0.717) is 6.54 Å². The Kier molecular flexibility index (Phi) is 8.75. The molecule has 1 fully saturated rings. The van der Waals surface area contributed by atoms with Crippen molar-refractivity contribution in [1.82, 2.24) is 19.1 Å². The molecule has 0 saturated carbocycles. The molecule has 12 heteroatoms. The van der Waals surface area contributed by atoms with Crippen molar-refractivity contribution in [1.29, 1.82) is 0 Å². The van der Waals surface area contributed by atoms with Crippen LogP contribution in [-0.4, -0.2) is 89.5 Å². The number of anilines is 1. The van der Waals surface area contributed by atoms with Gasteiger partial charge in [0.15, 0.2) is 5.56 Å². The van der Waals surface area contributed by atoms with Gasteiger partial charge in [-0.15, -0.1) is 0 Å². The first kappa shape index (κ1) is 25.8. The first-order valence-electron chi connectivity index (χ1n) is 10.9. The maximum Gasteiger partial charge on any atom is 0.344 e. The topological polar surface area (TPSA) is 98.2 Å². The number of carboxylic acids is 1. The van der Waals surface area contributed by atoms with E-state index >= 15 is 0 Å². The molecule has 0 spiro atoms. The fourth-order valence-corrected chi connectivity index (χ4v) is 4.21. The Bertz CT molecular complexity index is 1030. The zero-order valence-electron chi connectivity index (χ0n) is 19.4. The molecule has 34 heavy (non-hydrogen) atoms. The number of urea groups is 1. The second-order valence-electron chi connectivity index (χ2n) is 8.33. The number of hydrogen-bond donors (Lipinski definition) is 2. The van der Waals surface area contributed by atoms with Crippen LogP contribution in [0.3, 0.4) is 0 Å². The Morgan fingerprint density at radius 2 is 1.94 bits per heavy atom. The van der Waals surface area contributed by atoms with Crippen LogP contribution < -0.4 is 10.1 Å². The van der Waals surface area contributed by atoms with Crippen LogP contribution in [0.15, 0.2) is 12.1 Å². The number of likely N-dealkylation sites (N-methyl/N-ethyl adjacent to an activating group) is 1. The third kappa shape index (κ3) is 6.61. The number of hydrogen-bond acceptors (Lipinski definition) is 7. The van der Waals surface area contributed by atoms with Crippen LogP contribution in [0, 0.1) is 18.6 Å². The molecule has 186 valence electrons. The molecular weight excluding hydrogens is 468 g/mol. The molecule has 3 rings (SSSR count). The van der Waals surface area contributed by atoms with Crippen LogP contribution in [0.2, 0.25) is 0 Å². The Morgan fingerprint density at radius 3 is 2.62 bits per heavy atom. The van der Waals surface area contributed by atoms with E-state index in [1.807, 2.05) is 0 Å². The third-order valence-corrected chi connectivity index (χ3v) is 6.44. The van der Waals surface area contributed by atoms with Gasteiger partial charge in [-0.25, -0.2) is 18.4 Å². The molecule has 9 nitrogen and oxygen atoms in total. The lowest BCUT2D eigenvalue weighted by Crippen LogP contribution is -2.45. The van der Waals surface area contributed by atoms with Crippen molar-refractivity contribution >= 4 is 28.5 Å². The Morgan fingerprint density at radius 1 is 1.24 bits per heavy atom. The van der Waals surface area contributed by atoms with Crippen molar-refractivity contribution < 1.29 is 28.2 Å². The highest BCUT2D eigenvalue weighted by molar-refractivity contribution is 7.11. The number of piperazine rings is 1. The van der Waals surface area contributed by atoms with E-state index in [2.05, 4.69) is 26.5 Å². The van der Waals surface area contributed by atoms with E-state index in [0.717, 1.165) is 62.8 Å². The first-order chi connectivity index (χ1) is 16.2. The highest BCUT2D eigenvalue weighted by atomic mass is 32.1. The minimum absolute atomic E-state index is 0.00831. The van der Waals surface area contributed by atoms with Crippen LogP contribution in [-0.2, 0) is 6.61 Å². The summed E-state index contributed by atoms with van der Waals surface area (Å²) in [6, 6.07) is 1.57. The lowest BCUT2D eigenvalue weighted by atomic mass is 10.1. The van der Waals surface area contributed by atoms with Crippen molar-refractivity contribution in [2.24, 2.45) is 0 Å². The van der Waals surface area contributed by atoms with Crippen LogP contribution >= 0.6 is 11.5 Å². The summed E-state index contributed by atoms with van der Waals surface area (Å²) in [7, 11) is 3.73. The number of halogens is 2. The molecule has 2 amide bonds. The summed E-state index contributed by atoms with van der Waals surface area (Å²) in [5.41, 5.74) is -0.255. The SMILES string of the molecule is Cc1cc(F)c(COc2nsc(NC(=O)N(C)CCCN3CCN(C)CC3)c2C(=O)O)cc1F. The quantitative estimate of drug-likeness (QED) is 0.549. The monoisotopic (exact) mass is 497 g/mol. The molecule has 1 saturated heterocycles. The normalized spacial score (nSPS) is 14.7. The predicted octanol–water partition coefficient (Wildman–Crippen LogP) is 3.11. The number of carbonyl (C=O) groups is 2. The van der Waals surface area contributed by atoms with E-state index in [4.69, 9.17) is 4.74 Å². The van der Waals surface area contributed by atoms with Gasteiger partial charge in [0.25, 0.3) is 0 Å². The minimum atomic E-state index is -1.35. The molecule has 1 aliphatic rings. The number of amides is 2. The number of carbonyl (C=O) groups excluding carboxylic acids is 1. The molecule has 0 bridgehead atoms. The van der Waals surface area contributed by atoms with Crippen molar-refractivity contribution in [2.75, 3.05) is 58.7 Å². The molecule has 1 aromatic heterocycles. The van der Waals surface area contributed by atoms with Crippen LogP contribution in [0.25, 0.3) is 0 Å². The average Bonchev–Trinajstić information content (AvgIpc) is 3.19. The van der Waals surface area contributed by atoms with Crippen LogP contribution in [0.4, 0.5) is 18.6 Å². The van der Waals surface area contributed by atoms with Crippen molar-refractivity contribution in [3.63, 3.8) is 0 Å². The lowest BCUT2D eigenvalue weighted by molar-refractivity contribution is 0.0693. The van der Waals surface area contributed by atoms with Crippen LogP contribution in [0.5, 0.6) is 5.88 Å². The van der Waals surface area contributed by atoms with E-state index in [-0.39, 0.29) is 27.6 Å². The van der Waals surface area contributed by atoms with Gasteiger partial charge < -0.3 is 24.5 Å². The maximum absolute atomic E-state index is 14.0. The van der Waals surface area contributed by atoms with Gasteiger partial charge in [0, 0.05) is 45.3 Å². The summed E-state index contributed by atoms with van der Waals surface area (Å²) in [6.07, 6.45) is 0.787. The fourth-order valence-electron chi connectivity index (χ4n) is 3.49. The number of aryl methyl sites for hydroxylation is 1. The highest BCUT2D eigenvalue weighted by Crippen LogP contribution is 2.31. The third-order valence-electron chi connectivity index (χ3n) is 5.70. The highest BCUT2D eigenvalue weighted by Gasteiger charge is 2.25. The molecule has 0 unspecified atom stereocenters. The number of aromatic carboxylic acids is 1. The second kappa shape index (κ2) is 11.5. The summed E-state index contributed by atoms with van der Waals surface area (Å²) in [5, 5.41) is 12.2. The minimum Gasteiger partial charge on any atom is -0.477 e. The average molecular weight is 498 g/mol. The Labute approximate surface area is 201 Å². The molecule has 2 heterocycles. The summed E-state index contributed by atoms with van der Waals surface area (Å²) in [5.74, 6) is -2.89. The second-order valence-corrected chi connectivity index (χ2v) is 9.10. The van der Waals surface area contributed by atoms with Gasteiger partial charge in [-0.2, -0.15) is 4.37 Å². The van der Waals surface area contributed by atoms with Gasteiger partial charge in [-0.05, 0) is 56.2 Å². The van der Waals surface area contributed by atoms with E-state index in [9.17, 15) is 23.5 Å². The summed E-state index contributed by atoms with van der Waals surface area (Å²) < 4.78 is 37.1. The summed E-state index contributed by atoms with van der Waals surface area (Å²) in [4.78, 5) is 30.5. The zero-order chi connectivity index (χ0) is 24.8. The molecule has 0 radical (unpaired) electrons. The number of nitrogens with zero attached hydrogens (tertiary/aromatic N) is 4. The van der Waals surface area contributed by atoms with Gasteiger partial charge in [0.1, 0.15) is 23.2 Å². The first-order valence-corrected chi connectivity index (χ1v) is 11.7. The molecule has 0 aliphatic carbocycles. The molecule has 1 aliphatic heterocycles. The number of carboxylic acid groups (broad SMARTS) is 1. The van der Waals surface area contributed by atoms with E-state index in [1.165, 1.54) is 11.8 Å². The Hall–Kier alpha value is -2.83. The molecule has 2 aromatic rings. The van der Waals surface area contributed by atoms with Gasteiger partial charge in [-0.3, -0.25) is 5.32 Å². The van der Waals surface area contributed by atoms with Crippen molar-refractivity contribution in [3.05, 3.63) is 40.5 Å². The van der Waals surface area contributed by atoms with Gasteiger partial charge >= 0.3 is 12.0 Å². The zero-order valence-corrected chi connectivity index (χ0v) is 20.3. The number of ether oxygens (including phenoxy) is 1. The van der Waals surface area contributed by atoms with Gasteiger partial charge in [-0.1, -0.05) is 0 Å². The number of rotatable bonds is 9. The maximum atomic E-state index is 14.0. The summed E-state index contributed by atoms with van der Waals surface area (Å²) >= 11 is 0.747.